The van der Waals surface area contributed by atoms with Crippen LogP contribution in [0.5, 0.6) is 0 Å². The molecule has 0 bridgehead atoms. The van der Waals surface area contributed by atoms with Gasteiger partial charge < -0.3 is 9.67 Å². The predicted octanol–water partition coefficient (Wildman–Crippen LogP) is 5.63. The van der Waals surface area contributed by atoms with Crippen LogP contribution in [0.25, 0.3) is 21.0 Å². The third kappa shape index (κ3) is 2.87. The largest absolute Gasteiger partial charge is 0.481 e. The first-order valence-corrected chi connectivity index (χ1v) is 9.34. The minimum absolute atomic E-state index is 0.130. The molecule has 0 amide bonds. The lowest BCUT2D eigenvalue weighted by Crippen LogP contribution is -2.04. The highest BCUT2D eigenvalue weighted by Gasteiger charge is 2.18. The van der Waals surface area contributed by atoms with E-state index in [4.69, 9.17) is 11.6 Å². The SMILES string of the molecule is Cc1c(CC(=O)O)c2cc(F)ccc2n1Cc1csc2ccc(Cl)cc12. The predicted molar refractivity (Wildman–Crippen MR) is 104 cm³/mol. The molecule has 132 valence electrons. The zero-order chi connectivity index (χ0) is 18.4. The van der Waals surface area contributed by atoms with Crippen LogP contribution in [0, 0.1) is 12.7 Å². The second kappa shape index (κ2) is 6.41. The number of thiophene rings is 1. The molecule has 26 heavy (non-hydrogen) atoms. The molecule has 0 fully saturated rings. The Morgan fingerprint density at radius 3 is 2.81 bits per heavy atom. The van der Waals surface area contributed by atoms with Gasteiger partial charge in [-0.3, -0.25) is 4.79 Å². The van der Waals surface area contributed by atoms with Gasteiger partial charge in [0, 0.05) is 32.9 Å². The maximum Gasteiger partial charge on any atom is 0.307 e. The number of halogens is 2. The summed E-state index contributed by atoms with van der Waals surface area (Å²) in [5, 5.41) is 13.8. The molecule has 6 heteroatoms. The third-order valence-corrected chi connectivity index (χ3v) is 5.94. The number of carboxylic acid groups (broad SMARTS) is 1. The Hall–Kier alpha value is -2.37. The molecule has 0 aliphatic carbocycles. The van der Waals surface area contributed by atoms with Crippen LogP contribution in [0.2, 0.25) is 5.02 Å². The van der Waals surface area contributed by atoms with E-state index in [-0.39, 0.29) is 12.2 Å². The van der Waals surface area contributed by atoms with E-state index < -0.39 is 5.97 Å². The first-order chi connectivity index (χ1) is 12.4. The first-order valence-electron chi connectivity index (χ1n) is 8.08. The topological polar surface area (TPSA) is 42.2 Å². The minimum Gasteiger partial charge on any atom is -0.481 e. The normalized spacial score (nSPS) is 11.5. The van der Waals surface area contributed by atoms with Crippen molar-refractivity contribution in [1.82, 2.24) is 4.57 Å². The lowest BCUT2D eigenvalue weighted by Gasteiger charge is -2.08. The number of aromatic nitrogens is 1. The zero-order valence-electron chi connectivity index (χ0n) is 13.9. The summed E-state index contributed by atoms with van der Waals surface area (Å²) in [5.41, 5.74) is 3.44. The minimum atomic E-state index is -0.927. The van der Waals surface area contributed by atoms with E-state index in [1.54, 1.807) is 17.4 Å². The van der Waals surface area contributed by atoms with Crippen molar-refractivity contribution < 1.29 is 14.3 Å². The van der Waals surface area contributed by atoms with Crippen LogP contribution in [0.15, 0.2) is 41.8 Å². The molecule has 0 radical (unpaired) electrons. The van der Waals surface area contributed by atoms with E-state index in [0.717, 1.165) is 26.9 Å². The fourth-order valence-corrected chi connectivity index (χ4v) is 4.56. The number of fused-ring (bicyclic) bond motifs is 2. The van der Waals surface area contributed by atoms with Gasteiger partial charge in [-0.2, -0.15) is 0 Å². The lowest BCUT2D eigenvalue weighted by atomic mass is 10.1. The smallest absolute Gasteiger partial charge is 0.307 e. The van der Waals surface area contributed by atoms with Gasteiger partial charge in [0.1, 0.15) is 5.82 Å². The summed E-state index contributed by atoms with van der Waals surface area (Å²) in [7, 11) is 0. The second-order valence-corrected chi connectivity index (χ2v) is 7.63. The van der Waals surface area contributed by atoms with Gasteiger partial charge in [0.05, 0.1) is 6.42 Å². The van der Waals surface area contributed by atoms with Crippen molar-refractivity contribution >= 4 is 49.9 Å². The number of carbonyl (C=O) groups is 1. The molecule has 2 aromatic heterocycles. The van der Waals surface area contributed by atoms with Gasteiger partial charge in [-0.05, 0) is 65.2 Å². The van der Waals surface area contributed by atoms with Crippen molar-refractivity contribution in [1.29, 1.82) is 0 Å². The van der Waals surface area contributed by atoms with E-state index in [0.29, 0.717) is 22.5 Å². The van der Waals surface area contributed by atoms with Gasteiger partial charge in [-0.25, -0.2) is 4.39 Å². The third-order valence-electron chi connectivity index (χ3n) is 4.69. The monoisotopic (exact) mass is 387 g/mol. The zero-order valence-corrected chi connectivity index (χ0v) is 15.5. The van der Waals surface area contributed by atoms with E-state index in [1.807, 2.05) is 25.1 Å². The lowest BCUT2D eigenvalue weighted by molar-refractivity contribution is -0.136. The van der Waals surface area contributed by atoms with Gasteiger partial charge in [-0.1, -0.05) is 11.6 Å². The highest BCUT2D eigenvalue weighted by molar-refractivity contribution is 7.17. The molecule has 0 atom stereocenters. The van der Waals surface area contributed by atoms with Crippen LogP contribution in [-0.4, -0.2) is 15.6 Å². The molecule has 0 spiro atoms. The highest BCUT2D eigenvalue weighted by atomic mass is 35.5. The van der Waals surface area contributed by atoms with Crippen molar-refractivity contribution in [3.63, 3.8) is 0 Å². The van der Waals surface area contributed by atoms with Gasteiger partial charge in [-0.15, -0.1) is 11.3 Å². The van der Waals surface area contributed by atoms with Gasteiger partial charge in [0.15, 0.2) is 0 Å². The number of aliphatic carboxylic acids is 1. The van der Waals surface area contributed by atoms with E-state index in [9.17, 15) is 14.3 Å². The number of carboxylic acids is 1. The van der Waals surface area contributed by atoms with Gasteiger partial charge in [0.25, 0.3) is 0 Å². The Kier molecular flexibility index (Phi) is 4.21. The van der Waals surface area contributed by atoms with Crippen LogP contribution in [0.1, 0.15) is 16.8 Å². The summed E-state index contributed by atoms with van der Waals surface area (Å²) < 4.78 is 17.0. The molecule has 3 nitrogen and oxygen atoms in total. The van der Waals surface area contributed by atoms with Crippen molar-refractivity contribution in [3.8, 4) is 0 Å². The van der Waals surface area contributed by atoms with Crippen molar-refractivity contribution in [3.05, 3.63) is 69.4 Å². The number of hydrogen-bond acceptors (Lipinski definition) is 2. The van der Waals surface area contributed by atoms with E-state index in [1.165, 1.54) is 12.1 Å². The average molecular weight is 388 g/mol. The summed E-state index contributed by atoms with van der Waals surface area (Å²) >= 11 is 7.79. The van der Waals surface area contributed by atoms with Gasteiger partial charge in [0.2, 0.25) is 0 Å². The molecular weight excluding hydrogens is 373 g/mol. The fraction of sp³-hybridized carbons (Fsp3) is 0.150. The highest BCUT2D eigenvalue weighted by Crippen LogP contribution is 2.32. The average Bonchev–Trinajstić information content (AvgIpc) is 3.09. The Morgan fingerprint density at radius 2 is 2.04 bits per heavy atom. The Bertz CT molecular complexity index is 1160. The van der Waals surface area contributed by atoms with Crippen molar-refractivity contribution in [2.45, 2.75) is 19.9 Å². The molecule has 0 saturated heterocycles. The second-order valence-electron chi connectivity index (χ2n) is 6.28. The van der Waals surface area contributed by atoms with Crippen LogP contribution in [0.3, 0.4) is 0 Å². The number of benzene rings is 2. The first kappa shape index (κ1) is 17.1. The maximum atomic E-state index is 13.8. The summed E-state index contributed by atoms with van der Waals surface area (Å²) in [4.78, 5) is 11.3. The molecule has 0 aliphatic heterocycles. The molecule has 4 aromatic rings. The molecule has 0 unspecified atom stereocenters. The number of nitrogens with zero attached hydrogens (tertiary/aromatic N) is 1. The maximum absolute atomic E-state index is 13.8. The fourth-order valence-electron chi connectivity index (χ4n) is 3.45. The standard InChI is InChI=1S/C20H15ClFNO2S/c1-11-15(8-20(24)25)17-7-14(22)3-4-18(17)23(11)9-12-10-26-19-5-2-13(21)6-16(12)19/h2-7,10H,8-9H2,1H3,(H,24,25). The van der Waals surface area contributed by atoms with Crippen LogP contribution >= 0.6 is 22.9 Å². The summed E-state index contributed by atoms with van der Waals surface area (Å²) in [6, 6.07) is 10.4. The number of hydrogen-bond donors (Lipinski definition) is 1. The van der Waals surface area contributed by atoms with Crippen LogP contribution in [-0.2, 0) is 17.8 Å². The van der Waals surface area contributed by atoms with Crippen molar-refractivity contribution in [2.24, 2.45) is 0 Å². The summed E-state index contributed by atoms with van der Waals surface area (Å²) in [5.74, 6) is -1.29. The molecule has 0 aliphatic rings. The molecule has 4 rings (SSSR count). The summed E-state index contributed by atoms with van der Waals surface area (Å²) in [6.07, 6.45) is -0.130. The molecule has 2 heterocycles. The van der Waals surface area contributed by atoms with Crippen molar-refractivity contribution in [2.75, 3.05) is 0 Å². The molecule has 1 N–H and O–H groups in total. The Balaban J connectivity index is 1.89. The number of rotatable bonds is 4. The quantitative estimate of drug-likeness (QED) is 0.493. The summed E-state index contributed by atoms with van der Waals surface area (Å²) in [6.45, 7) is 2.46. The molecular formula is C20H15ClFNO2S. The van der Waals surface area contributed by atoms with Crippen LogP contribution in [0.4, 0.5) is 4.39 Å². The van der Waals surface area contributed by atoms with E-state index in [2.05, 4.69) is 9.95 Å². The Labute approximate surface area is 158 Å². The molecule has 0 saturated carbocycles. The van der Waals surface area contributed by atoms with E-state index >= 15 is 0 Å². The molecule has 2 aromatic carbocycles. The Morgan fingerprint density at radius 1 is 1.23 bits per heavy atom. The van der Waals surface area contributed by atoms with Gasteiger partial charge >= 0.3 is 5.97 Å². The van der Waals surface area contributed by atoms with Crippen LogP contribution < -0.4 is 0 Å².